The molecule has 6 rings (SSSR count). The van der Waals surface area contributed by atoms with Gasteiger partial charge in [-0.2, -0.15) is 10.1 Å². The van der Waals surface area contributed by atoms with Crippen LogP contribution in [0, 0.1) is 12.7 Å². The van der Waals surface area contributed by atoms with Crippen LogP contribution in [0.25, 0.3) is 33.7 Å². The normalized spacial score (nSPS) is 13.7. The number of H-pyrrole nitrogens is 2. The van der Waals surface area contributed by atoms with E-state index < -0.39 is 5.82 Å². The molecule has 160 valence electrons. The van der Waals surface area contributed by atoms with Crippen LogP contribution in [0.4, 0.5) is 16.0 Å². The van der Waals surface area contributed by atoms with E-state index in [0.29, 0.717) is 40.5 Å². The van der Waals surface area contributed by atoms with Crippen molar-refractivity contribution in [3.05, 3.63) is 53.7 Å². The third kappa shape index (κ3) is 3.11. The highest BCUT2D eigenvalue weighted by atomic mass is 19.1. The predicted octanol–water partition coefficient (Wildman–Crippen LogP) is 4.21. The number of aromatic amines is 2. The number of benzene rings is 2. The summed E-state index contributed by atoms with van der Waals surface area (Å²) in [5, 5.41) is 24.1. The van der Waals surface area contributed by atoms with Gasteiger partial charge in [-0.25, -0.2) is 9.07 Å². The Morgan fingerprint density at radius 3 is 2.78 bits per heavy atom. The Morgan fingerprint density at radius 2 is 2.03 bits per heavy atom. The van der Waals surface area contributed by atoms with Crippen LogP contribution in [-0.2, 0) is 7.05 Å². The van der Waals surface area contributed by atoms with Crippen molar-refractivity contribution in [1.82, 2.24) is 40.1 Å². The number of nitrogens with one attached hydrogen (secondary N) is 3. The van der Waals surface area contributed by atoms with Gasteiger partial charge in [0, 0.05) is 23.7 Å². The van der Waals surface area contributed by atoms with Crippen molar-refractivity contribution in [3.8, 4) is 22.8 Å². The molecule has 5 aromatic rings. The van der Waals surface area contributed by atoms with Gasteiger partial charge in [-0.15, -0.1) is 15.3 Å². The lowest BCUT2D eigenvalue weighted by molar-refractivity contribution is 0.630. The molecule has 1 fully saturated rings. The second-order valence-corrected chi connectivity index (χ2v) is 8.09. The Hall–Kier alpha value is -4.08. The van der Waals surface area contributed by atoms with Gasteiger partial charge < -0.3 is 10.3 Å². The van der Waals surface area contributed by atoms with Crippen molar-refractivity contribution >= 4 is 22.5 Å². The third-order valence-corrected chi connectivity index (χ3v) is 5.74. The number of aromatic nitrogens is 8. The minimum Gasteiger partial charge on any atom is -0.325 e. The molecule has 10 heteroatoms. The van der Waals surface area contributed by atoms with Gasteiger partial charge in [-0.3, -0.25) is 5.10 Å². The molecule has 9 nitrogen and oxygen atoms in total. The number of aryl methyl sites for hydroxylation is 2. The van der Waals surface area contributed by atoms with E-state index in [-0.39, 0.29) is 0 Å². The van der Waals surface area contributed by atoms with E-state index in [2.05, 4.69) is 40.8 Å². The Morgan fingerprint density at radius 1 is 1.16 bits per heavy atom. The summed E-state index contributed by atoms with van der Waals surface area (Å²) in [5.41, 5.74) is 4.20. The van der Waals surface area contributed by atoms with Crippen LogP contribution in [0.5, 0.6) is 0 Å². The predicted molar refractivity (Wildman–Crippen MR) is 118 cm³/mol. The molecule has 0 unspecified atom stereocenters. The number of fused-ring (bicyclic) bond motifs is 1. The van der Waals surface area contributed by atoms with Crippen LogP contribution >= 0.6 is 0 Å². The Bertz CT molecular complexity index is 1460. The largest absolute Gasteiger partial charge is 0.325 e. The van der Waals surface area contributed by atoms with Gasteiger partial charge >= 0.3 is 0 Å². The van der Waals surface area contributed by atoms with E-state index in [1.54, 1.807) is 23.7 Å². The van der Waals surface area contributed by atoms with E-state index >= 15 is 0 Å². The van der Waals surface area contributed by atoms with Crippen molar-refractivity contribution in [2.75, 3.05) is 5.32 Å². The fraction of sp³-hybridized carbons (Fsp3) is 0.227. The zero-order chi connectivity index (χ0) is 21.8. The summed E-state index contributed by atoms with van der Waals surface area (Å²) in [6.07, 6.45) is 4.20. The third-order valence-electron chi connectivity index (χ3n) is 5.74. The molecule has 32 heavy (non-hydrogen) atoms. The summed E-state index contributed by atoms with van der Waals surface area (Å²) in [6, 6.07) is 8.90. The first-order chi connectivity index (χ1) is 15.6. The van der Waals surface area contributed by atoms with E-state index in [1.807, 2.05) is 25.4 Å². The maximum Gasteiger partial charge on any atom is 0.225 e. The average Bonchev–Trinajstić information content (AvgIpc) is 3.15. The maximum absolute atomic E-state index is 14.8. The van der Waals surface area contributed by atoms with E-state index in [0.717, 1.165) is 16.6 Å². The molecule has 3 heterocycles. The fourth-order valence-electron chi connectivity index (χ4n) is 4.01. The van der Waals surface area contributed by atoms with Crippen LogP contribution in [-0.4, -0.2) is 40.1 Å². The number of rotatable bonds is 5. The first kappa shape index (κ1) is 18.7. The number of nitrogens with zero attached hydrogens (tertiary/aromatic N) is 6. The van der Waals surface area contributed by atoms with Crippen molar-refractivity contribution in [3.63, 3.8) is 0 Å². The first-order valence-electron chi connectivity index (χ1n) is 10.4. The van der Waals surface area contributed by atoms with Gasteiger partial charge in [0.1, 0.15) is 11.6 Å². The van der Waals surface area contributed by atoms with Crippen molar-refractivity contribution in [2.24, 2.45) is 7.05 Å². The molecule has 1 saturated carbocycles. The van der Waals surface area contributed by atoms with E-state index in [1.165, 1.54) is 24.5 Å². The molecule has 0 aliphatic heterocycles. The van der Waals surface area contributed by atoms with E-state index in [4.69, 9.17) is 0 Å². The standard InChI is InChI=1S/C22H20FN9/c1-11-25-21(30-28-11)14-6-5-13(9-16(14)23)20-27-22(32(2)31-20)26-18-8-7-17-15(10-24-29-17)19(18)12-3-4-12/h5-10,12H,3-4H2,1-2H3,(H,24,29)(H,25,28,30)(H,26,27,31). The van der Waals surface area contributed by atoms with Crippen LogP contribution in [0.1, 0.15) is 30.1 Å². The number of anilines is 2. The highest BCUT2D eigenvalue weighted by Crippen LogP contribution is 2.47. The van der Waals surface area contributed by atoms with Gasteiger partial charge in [0.25, 0.3) is 0 Å². The zero-order valence-electron chi connectivity index (χ0n) is 17.5. The van der Waals surface area contributed by atoms with Gasteiger partial charge in [0.05, 0.1) is 17.3 Å². The molecular formula is C22H20FN9. The average molecular weight is 429 g/mol. The summed E-state index contributed by atoms with van der Waals surface area (Å²) in [7, 11) is 1.81. The lowest BCUT2D eigenvalue weighted by Crippen LogP contribution is -2.02. The van der Waals surface area contributed by atoms with Gasteiger partial charge in [-0.05, 0) is 55.5 Å². The molecule has 0 bridgehead atoms. The number of hydrogen-bond donors (Lipinski definition) is 3. The smallest absolute Gasteiger partial charge is 0.225 e. The quantitative estimate of drug-likeness (QED) is 0.386. The highest BCUT2D eigenvalue weighted by molar-refractivity contribution is 5.89. The van der Waals surface area contributed by atoms with Gasteiger partial charge in [-0.1, -0.05) is 6.07 Å². The van der Waals surface area contributed by atoms with Crippen molar-refractivity contribution in [1.29, 1.82) is 0 Å². The molecule has 3 N–H and O–H groups in total. The molecule has 0 radical (unpaired) electrons. The highest BCUT2D eigenvalue weighted by Gasteiger charge is 2.29. The van der Waals surface area contributed by atoms with Crippen LogP contribution < -0.4 is 5.32 Å². The molecule has 0 saturated heterocycles. The topological polar surface area (TPSA) is 113 Å². The Kier molecular flexibility index (Phi) is 4.07. The molecule has 1 aliphatic rings. The van der Waals surface area contributed by atoms with Crippen LogP contribution in [0.3, 0.4) is 0 Å². The second-order valence-electron chi connectivity index (χ2n) is 8.09. The number of hydrogen-bond acceptors (Lipinski definition) is 6. The zero-order valence-corrected chi connectivity index (χ0v) is 17.5. The summed E-state index contributed by atoms with van der Waals surface area (Å²) in [5.74, 6) is 2.15. The molecule has 2 aromatic carbocycles. The first-order valence-corrected chi connectivity index (χ1v) is 10.4. The molecule has 0 atom stereocenters. The van der Waals surface area contributed by atoms with E-state index in [9.17, 15) is 4.39 Å². The molecule has 0 amide bonds. The fourth-order valence-corrected chi connectivity index (χ4v) is 4.01. The molecular weight excluding hydrogens is 409 g/mol. The lowest BCUT2D eigenvalue weighted by atomic mass is 10.0. The van der Waals surface area contributed by atoms with Crippen molar-refractivity contribution < 1.29 is 4.39 Å². The maximum atomic E-state index is 14.8. The number of halogens is 1. The summed E-state index contributed by atoms with van der Waals surface area (Å²) in [4.78, 5) is 7.58. The summed E-state index contributed by atoms with van der Waals surface area (Å²) in [6.45, 7) is 1.77. The van der Waals surface area contributed by atoms with Crippen molar-refractivity contribution in [2.45, 2.75) is 25.7 Å². The Labute approximate surface area is 182 Å². The monoisotopic (exact) mass is 429 g/mol. The summed E-state index contributed by atoms with van der Waals surface area (Å²) < 4.78 is 16.4. The van der Waals surface area contributed by atoms with Gasteiger partial charge in [0.2, 0.25) is 5.95 Å². The van der Waals surface area contributed by atoms with Gasteiger partial charge in [0.15, 0.2) is 11.6 Å². The minimum absolute atomic E-state index is 0.353. The Balaban J connectivity index is 1.33. The minimum atomic E-state index is -0.415. The molecule has 1 aliphatic carbocycles. The second kappa shape index (κ2) is 6.98. The molecule has 0 spiro atoms. The SMILES string of the molecule is Cc1nnc(-c2ccc(-c3nc(Nc4ccc5[nH]ncc5c4C4CC4)n(C)n3)cc2F)[nH]1. The molecule has 3 aromatic heterocycles. The van der Waals surface area contributed by atoms with Crippen LogP contribution in [0.2, 0.25) is 0 Å². The van der Waals surface area contributed by atoms with Crippen LogP contribution in [0.15, 0.2) is 36.5 Å². The summed E-state index contributed by atoms with van der Waals surface area (Å²) >= 11 is 0. The lowest BCUT2D eigenvalue weighted by Gasteiger charge is -2.11.